The summed E-state index contributed by atoms with van der Waals surface area (Å²) in [4.78, 5) is 25.7. The molecule has 8 nitrogen and oxygen atoms in total. The van der Waals surface area contributed by atoms with Crippen LogP contribution >= 0.6 is 0 Å². The van der Waals surface area contributed by atoms with Gasteiger partial charge >= 0.3 is 0 Å². The van der Waals surface area contributed by atoms with E-state index >= 15 is 0 Å². The van der Waals surface area contributed by atoms with Gasteiger partial charge in [-0.25, -0.2) is 24.9 Å². The number of rotatable bonds is 5. The van der Waals surface area contributed by atoms with Crippen LogP contribution in [0.1, 0.15) is 0 Å². The molecule has 266 valence electrons. The Bertz CT molecular complexity index is 3530. The first kappa shape index (κ1) is 31.4. The van der Waals surface area contributed by atoms with Gasteiger partial charge in [0.25, 0.3) is 0 Å². The highest BCUT2D eigenvalue weighted by Gasteiger charge is 2.22. The van der Waals surface area contributed by atoms with Crippen LogP contribution in [0.25, 0.3) is 123 Å². The zero-order chi connectivity index (χ0) is 37.5. The molecule has 0 saturated heterocycles. The SMILES string of the molecule is c1ccc(-c2nc(-c3ccc4oc5cccc(-c6nc(-c7ccccc7)c7oc8ccccc8c7n6)c5c4c3)nc(-c3cccc4oc5ccccc5c34)n2)cc1. The third-order valence-electron chi connectivity index (χ3n) is 10.6. The average Bonchev–Trinajstić information content (AvgIpc) is 3.97. The molecule has 12 aromatic rings. The van der Waals surface area contributed by atoms with E-state index in [9.17, 15) is 0 Å². The van der Waals surface area contributed by atoms with Gasteiger partial charge in [0.05, 0.1) is 0 Å². The number of fused-ring (bicyclic) bond motifs is 9. The number of para-hydroxylation sites is 2. The van der Waals surface area contributed by atoms with E-state index in [0.29, 0.717) is 28.9 Å². The topological polar surface area (TPSA) is 104 Å². The first-order valence-electron chi connectivity index (χ1n) is 18.7. The standard InChI is InChI=1S/C49H27N5O3/c1-3-13-28(14-4-1)43-45-44(32-18-8-10-22-37(32)57-45)51-48(50-43)34-20-12-24-40-42(34)35-27-30(25-26-38(35)56-40)47-52-46(29-15-5-2-6-16-29)53-49(54-47)33-19-11-23-39-41(33)31-17-7-9-21-36(31)55-39/h1-27H. The molecule has 0 aliphatic carbocycles. The largest absolute Gasteiger partial charge is 0.456 e. The molecular weight excluding hydrogens is 707 g/mol. The van der Waals surface area contributed by atoms with Crippen LogP contribution in [-0.2, 0) is 0 Å². The molecule has 0 saturated carbocycles. The second-order valence-electron chi connectivity index (χ2n) is 14.0. The van der Waals surface area contributed by atoms with Crippen molar-refractivity contribution in [1.29, 1.82) is 0 Å². The van der Waals surface area contributed by atoms with Crippen molar-refractivity contribution >= 4 is 65.9 Å². The predicted molar refractivity (Wildman–Crippen MR) is 224 cm³/mol. The Morgan fingerprint density at radius 2 is 0.842 bits per heavy atom. The van der Waals surface area contributed by atoms with Gasteiger partial charge in [-0.05, 0) is 48.5 Å². The number of furan rings is 3. The van der Waals surface area contributed by atoms with Gasteiger partial charge in [-0.2, -0.15) is 0 Å². The van der Waals surface area contributed by atoms with Crippen molar-refractivity contribution in [1.82, 2.24) is 24.9 Å². The van der Waals surface area contributed by atoms with Gasteiger partial charge in [0, 0.05) is 54.7 Å². The van der Waals surface area contributed by atoms with Gasteiger partial charge in [0.2, 0.25) is 0 Å². The molecule has 0 aliphatic heterocycles. The Hall–Kier alpha value is -7.97. The highest BCUT2D eigenvalue weighted by Crippen LogP contribution is 2.41. The molecule has 57 heavy (non-hydrogen) atoms. The molecule has 7 aromatic carbocycles. The Balaban J connectivity index is 1.09. The minimum absolute atomic E-state index is 0.534. The quantitative estimate of drug-likeness (QED) is 0.172. The van der Waals surface area contributed by atoms with E-state index < -0.39 is 0 Å². The Morgan fingerprint density at radius 3 is 1.56 bits per heavy atom. The fraction of sp³-hybridized carbons (Fsp3) is 0. The Labute approximate surface area is 323 Å². The van der Waals surface area contributed by atoms with Gasteiger partial charge in [0.1, 0.15) is 39.1 Å². The molecule has 8 heteroatoms. The summed E-state index contributed by atoms with van der Waals surface area (Å²) in [6.07, 6.45) is 0. The first-order valence-corrected chi connectivity index (χ1v) is 18.7. The maximum Gasteiger partial charge on any atom is 0.180 e. The fourth-order valence-corrected chi connectivity index (χ4v) is 7.96. The minimum Gasteiger partial charge on any atom is -0.456 e. The van der Waals surface area contributed by atoms with E-state index in [1.807, 2.05) is 152 Å². The molecular formula is C49H27N5O3. The van der Waals surface area contributed by atoms with E-state index in [2.05, 4.69) is 12.1 Å². The summed E-state index contributed by atoms with van der Waals surface area (Å²) >= 11 is 0. The molecule has 0 radical (unpaired) electrons. The van der Waals surface area contributed by atoms with Crippen LogP contribution in [0.15, 0.2) is 177 Å². The van der Waals surface area contributed by atoms with E-state index in [0.717, 1.165) is 93.9 Å². The van der Waals surface area contributed by atoms with Crippen molar-refractivity contribution in [3.63, 3.8) is 0 Å². The summed E-state index contributed by atoms with van der Waals surface area (Å²) < 4.78 is 19.1. The Morgan fingerprint density at radius 1 is 0.316 bits per heavy atom. The maximum absolute atomic E-state index is 6.49. The molecule has 0 spiro atoms. The third kappa shape index (κ3) is 4.97. The van der Waals surface area contributed by atoms with E-state index in [1.54, 1.807) is 0 Å². The average molecular weight is 734 g/mol. The van der Waals surface area contributed by atoms with E-state index in [1.165, 1.54) is 0 Å². The van der Waals surface area contributed by atoms with Crippen LogP contribution in [0.4, 0.5) is 0 Å². The third-order valence-corrected chi connectivity index (χ3v) is 10.6. The second-order valence-corrected chi connectivity index (χ2v) is 14.0. The number of hydrogen-bond donors (Lipinski definition) is 0. The summed E-state index contributed by atoms with van der Waals surface area (Å²) in [6.45, 7) is 0. The molecule has 0 N–H and O–H groups in total. The smallest absolute Gasteiger partial charge is 0.180 e. The van der Waals surface area contributed by atoms with Crippen molar-refractivity contribution in [2.24, 2.45) is 0 Å². The molecule has 0 bridgehead atoms. The molecule has 0 amide bonds. The van der Waals surface area contributed by atoms with Crippen LogP contribution in [0, 0.1) is 0 Å². The molecule has 5 heterocycles. The van der Waals surface area contributed by atoms with Crippen molar-refractivity contribution in [2.45, 2.75) is 0 Å². The van der Waals surface area contributed by atoms with Crippen molar-refractivity contribution in [2.75, 3.05) is 0 Å². The van der Waals surface area contributed by atoms with Gasteiger partial charge in [-0.3, -0.25) is 0 Å². The van der Waals surface area contributed by atoms with Crippen molar-refractivity contribution < 1.29 is 13.3 Å². The van der Waals surface area contributed by atoms with E-state index in [-0.39, 0.29) is 0 Å². The summed E-state index contributed by atoms with van der Waals surface area (Å²) in [7, 11) is 0. The van der Waals surface area contributed by atoms with E-state index in [4.69, 9.17) is 38.2 Å². The normalized spacial score (nSPS) is 11.9. The number of hydrogen-bond acceptors (Lipinski definition) is 8. The fourth-order valence-electron chi connectivity index (χ4n) is 7.96. The number of benzene rings is 7. The van der Waals surface area contributed by atoms with Gasteiger partial charge in [-0.15, -0.1) is 0 Å². The van der Waals surface area contributed by atoms with Crippen molar-refractivity contribution in [3.05, 3.63) is 164 Å². The summed E-state index contributed by atoms with van der Waals surface area (Å²) in [5.74, 6) is 2.23. The summed E-state index contributed by atoms with van der Waals surface area (Å²) in [6, 6.07) is 54.2. The summed E-state index contributed by atoms with van der Waals surface area (Å²) in [5.41, 5.74) is 10.3. The zero-order valence-electron chi connectivity index (χ0n) is 30.0. The van der Waals surface area contributed by atoms with Crippen LogP contribution in [0.2, 0.25) is 0 Å². The van der Waals surface area contributed by atoms with Crippen molar-refractivity contribution in [3.8, 4) is 56.8 Å². The summed E-state index contributed by atoms with van der Waals surface area (Å²) in [5, 5.41) is 4.68. The lowest BCUT2D eigenvalue weighted by Crippen LogP contribution is -2.00. The number of aromatic nitrogens is 5. The molecule has 0 fully saturated rings. The highest BCUT2D eigenvalue weighted by atomic mass is 16.3. The van der Waals surface area contributed by atoms with Crippen LogP contribution < -0.4 is 0 Å². The lowest BCUT2D eigenvalue weighted by atomic mass is 10.0. The highest BCUT2D eigenvalue weighted by molar-refractivity contribution is 6.14. The lowest BCUT2D eigenvalue weighted by Gasteiger charge is -2.09. The molecule has 0 aliphatic rings. The maximum atomic E-state index is 6.49. The molecule has 5 aromatic heterocycles. The van der Waals surface area contributed by atoms with Gasteiger partial charge < -0.3 is 13.3 Å². The molecule has 0 atom stereocenters. The monoisotopic (exact) mass is 733 g/mol. The minimum atomic E-state index is 0.534. The molecule has 12 rings (SSSR count). The number of nitrogens with zero attached hydrogens (tertiary/aromatic N) is 5. The Kier molecular flexibility index (Phi) is 6.76. The van der Waals surface area contributed by atoms with Gasteiger partial charge in [0.15, 0.2) is 28.9 Å². The van der Waals surface area contributed by atoms with Crippen LogP contribution in [0.5, 0.6) is 0 Å². The van der Waals surface area contributed by atoms with Crippen LogP contribution in [0.3, 0.4) is 0 Å². The predicted octanol–water partition coefficient (Wildman–Crippen LogP) is 12.7. The molecule has 0 unspecified atom stereocenters. The second kappa shape index (κ2) is 12.3. The first-order chi connectivity index (χ1) is 28.2. The van der Waals surface area contributed by atoms with Crippen LogP contribution in [-0.4, -0.2) is 24.9 Å². The zero-order valence-corrected chi connectivity index (χ0v) is 30.0. The lowest BCUT2D eigenvalue weighted by molar-refractivity contribution is 0.667. The van der Waals surface area contributed by atoms with Gasteiger partial charge in [-0.1, -0.05) is 115 Å².